The molecule has 0 atom stereocenters. The molecule has 3 nitrogen and oxygen atoms in total. The number of aromatic nitrogens is 2. The van der Waals surface area contributed by atoms with E-state index in [0.717, 1.165) is 38.9 Å². The fourth-order valence-corrected chi connectivity index (χ4v) is 3.62. The predicted octanol–water partition coefficient (Wildman–Crippen LogP) is 5.69. The average Bonchev–Trinajstić information content (AvgIpc) is 3.08. The maximum Gasteiger partial charge on any atom is 0.108 e. The van der Waals surface area contributed by atoms with Crippen molar-refractivity contribution in [3.63, 3.8) is 0 Å². The SMILES string of the molecule is N#Cc1c2nc(-c3ccccc3)cc(-c3ccccc3)c2n2ccccc12. The molecule has 0 radical (unpaired) electrons. The molecule has 27 heavy (non-hydrogen) atoms. The third-order valence-corrected chi connectivity index (χ3v) is 4.85. The second-order valence-electron chi connectivity index (χ2n) is 6.43. The zero-order valence-corrected chi connectivity index (χ0v) is 14.5. The second kappa shape index (κ2) is 6.12. The fourth-order valence-electron chi connectivity index (χ4n) is 3.62. The van der Waals surface area contributed by atoms with Gasteiger partial charge in [-0.1, -0.05) is 66.7 Å². The lowest BCUT2D eigenvalue weighted by Crippen LogP contribution is -1.91. The first kappa shape index (κ1) is 15.4. The van der Waals surface area contributed by atoms with Crippen molar-refractivity contribution in [3.8, 4) is 28.5 Å². The van der Waals surface area contributed by atoms with Crippen LogP contribution in [-0.4, -0.2) is 9.38 Å². The van der Waals surface area contributed by atoms with E-state index >= 15 is 0 Å². The smallest absolute Gasteiger partial charge is 0.108 e. The van der Waals surface area contributed by atoms with E-state index in [0.29, 0.717) is 5.56 Å². The number of hydrogen-bond acceptors (Lipinski definition) is 2. The van der Waals surface area contributed by atoms with Crippen LogP contribution in [0.3, 0.4) is 0 Å². The highest BCUT2D eigenvalue weighted by Gasteiger charge is 2.18. The summed E-state index contributed by atoms with van der Waals surface area (Å²) in [5, 5.41) is 9.84. The molecule has 3 heteroatoms. The maximum atomic E-state index is 9.84. The van der Waals surface area contributed by atoms with Crippen molar-refractivity contribution in [1.29, 1.82) is 5.26 Å². The van der Waals surface area contributed by atoms with Crippen LogP contribution in [-0.2, 0) is 0 Å². The first-order valence-electron chi connectivity index (χ1n) is 8.81. The van der Waals surface area contributed by atoms with Crippen LogP contribution in [0.4, 0.5) is 0 Å². The van der Waals surface area contributed by atoms with Gasteiger partial charge in [-0.05, 0) is 23.8 Å². The summed E-state index contributed by atoms with van der Waals surface area (Å²) in [6, 6.07) is 30.8. The van der Waals surface area contributed by atoms with Gasteiger partial charge in [0.25, 0.3) is 0 Å². The van der Waals surface area contributed by atoms with E-state index < -0.39 is 0 Å². The normalized spacial score (nSPS) is 10.9. The monoisotopic (exact) mass is 345 g/mol. The van der Waals surface area contributed by atoms with Gasteiger partial charge in [0.1, 0.15) is 17.1 Å². The van der Waals surface area contributed by atoms with Gasteiger partial charge in [-0.2, -0.15) is 5.26 Å². The Kier molecular flexibility index (Phi) is 3.48. The molecule has 3 aromatic heterocycles. The Bertz CT molecular complexity index is 1310. The number of benzene rings is 2. The Morgan fingerprint density at radius 2 is 1.44 bits per heavy atom. The Balaban J connectivity index is 1.97. The zero-order valence-electron chi connectivity index (χ0n) is 14.5. The third-order valence-electron chi connectivity index (χ3n) is 4.85. The van der Waals surface area contributed by atoms with Crippen molar-refractivity contribution in [2.75, 3.05) is 0 Å². The van der Waals surface area contributed by atoms with Crippen molar-refractivity contribution in [1.82, 2.24) is 9.38 Å². The van der Waals surface area contributed by atoms with Gasteiger partial charge in [0, 0.05) is 17.3 Å². The quantitative estimate of drug-likeness (QED) is 0.412. The van der Waals surface area contributed by atoms with Crippen LogP contribution in [0.2, 0.25) is 0 Å². The Hall–Kier alpha value is -3.90. The molecule has 126 valence electrons. The summed E-state index contributed by atoms with van der Waals surface area (Å²) in [6.45, 7) is 0. The van der Waals surface area contributed by atoms with Crippen LogP contribution in [0, 0.1) is 11.3 Å². The summed E-state index contributed by atoms with van der Waals surface area (Å²) in [7, 11) is 0. The first-order chi connectivity index (χ1) is 13.4. The van der Waals surface area contributed by atoms with E-state index in [2.05, 4.69) is 28.7 Å². The Labute approximate surface area is 156 Å². The maximum absolute atomic E-state index is 9.84. The lowest BCUT2D eigenvalue weighted by atomic mass is 10.0. The highest BCUT2D eigenvalue weighted by atomic mass is 14.9. The average molecular weight is 345 g/mol. The van der Waals surface area contributed by atoms with Gasteiger partial charge in [-0.15, -0.1) is 0 Å². The Morgan fingerprint density at radius 3 is 2.15 bits per heavy atom. The predicted molar refractivity (Wildman–Crippen MR) is 108 cm³/mol. The van der Waals surface area contributed by atoms with E-state index in [1.807, 2.05) is 72.9 Å². The minimum atomic E-state index is 0.612. The van der Waals surface area contributed by atoms with Crippen LogP contribution < -0.4 is 0 Å². The molecular formula is C24H15N3. The highest BCUT2D eigenvalue weighted by molar-refractivity contribution is 6.02. The molecule has 0 bridgehead atoms. The molecule has 0 amide bonds. The van der Waals surface area contributed by atoms with E-state index in [4.69, 9.17) is 4.98 Å². The Morgan fingerprint density at radius 1 is 0.778 bits per heavy atom. The van der Waals surface area contributed by atoms with Gasteiger partial charge in [-0.3, -0.25) is 0 Å². The molecule has 0 aliphatic rings. The zero-order chi connectivity index (χ0) is 18.2. The summed E-state index contributed by atoms with van der Waals surface area (Å²) in [4.78, 5) is 4.90. The number of hydrogen-bond donors (Lipinski definition) is 0. The molecule has 0 N–H and O–H groups in total. The van der Waals surface area contributed by atoms with E-state index in [1.54, 1.807) is 0 Å². The lowest BCUT2D eigenvalue weighted by Gasteiger charge is -2.09. The minimum absolute atomic E-state index is 0.612. The van der Waals surface area contributed by atoms with Gasteiger partial charge in [-0.25, -0.2) is 4.98 Å². The molecule has 3 heterocycles. The third kappa shape index (κ3) is 2.39. The summed E-state index contributed by atoms with van der Waals surface area (Å²) < 4.78 is 2.07. The number of rotatable bonds is 2. The van der Waals surface area contributed by atoms with Crippen molar-refractivity contribution >= 4 is 16.6 Å². The molecule has 5 rings (SSSR count). The number of nitrogens with zero attached hydrogens (tertiary/aromatic N) is 3. The van der Waals surface area contributed by atoms with Crippen LogP contribution in [0.15, 0.2) is 91.1 Å². The fraction of sp³-hybridized carbons (Fsp3) is 0. The summed E-state index contributed by atoms with van der Waals surface area (Å²) in [5.74, 6) is 0. The molecule has 5 aromatic rings. The van der Waals surface area contributed by atoms with E-state index in [9.17, 15) is 5.26 Å². The molecule has 0 unspecified atom stereocenters. The number of nitriles is 1. The molecule has 0 spiro atoms. The van der Waals surface area contributed by atoms with Crippen LogP contribution >= 0.6 is 0 Å². The van der Waals surface area contributed by atoms with Crippen molar-refractivity contribution in [2.45, 2.75) is 0 Å². The molecule has 0 aliphatic carbocycles. The van der Waals surface area contributed by atoms with Crippen molar-refractivity contribution in [2.24, 2.45) is 0 Å². The lowest BCUT2D eigenvalue weighted by molar-refractivity contribution is 1.25. The summed E-state index contributed by atoms with van der Waals surface area (Å²) >= 11 is 0. The molecule has 0 saturated heterocycles. The summed E-state index contributed by atoms with van der Waals surface area (Å²) in [5.41, 5.74) is 7.28. The number of pyridine rings is 2. The van der Waals surface area contributed by atoms with E-state index in [-0.39, 0.29) is 0 Å². The van der Waals surface area contributed by atoms with Gasteiger partial charge >= 0.3 is 0 Å². The van der Waals surface area contributed by atoms with Crippen molar-refractivity contribution < 1.29 is 0 Å². The molecule has 0 aliphatic heterocycles. The number of fused-ring (bicyclic) bond motifs is 3. The standard InChI is InChI=1S/C24H15N3/c25-16-20-22-13-7-8-14-27(22)24-19(17-9-3-1-4-10-17)15-21(26-23(20)24)18-11-5-2-6-12-18/h1-15H. The molecule has 0 fully saturated rings. The topological polar surface area (TPSA) is 41.1 Å². The van der Waals surface area contributed by atoms with Crippen LogP contribution in [0.25, 0.3) is 38.9 Å². The molecule has 2 aromatic carbocycles. The van der Waals surface area contributed by atoms with Gasteiger partial charge in [0.2, 0.25) is 0 Å². The van der Waals surface area contributed by atoms with Gasteiger partial charge < -0.3 is 4.40 Å². The van der Waals surface area contributed by atoms with Crippen LogP contribution in [0.5, 0.6) is 0 Å². The van der Waals surface area contributed by atoms with Gasteiger partial charge in [0.05, 0.1) is 16.7 Å². The van der Waals surface area contributed by atoms with E-state index in [1.165, 1.54) is 0 Å². The minimum Gasteiger partial charge on any atom is -0.313 e. The van der Waals surface area contributed by atoms with Gasteiger partial charge in [0.15, 0.2) is 0 Å². The largest absolute Gasteiger partial charge is 0.313 e. The highest BCUT2D eigenvalue weighted by Crippen LogP contribution is 2.36. The molecular weight excluding hydrogens is 330 g/mol. The second-order valence-corrected chi connectivity index (χ2v) is 6.43. The van der Waals surface area contributed by atoms with Crippen LogP contribution in [0.1, 0.15) is 5.56 Å². The summed E-state index contributed by atoms with van der Waals surface area (Å²) in [6.07, 6.45) is 1.99. The molecule has 0 saturated carbocycles. The first-order valence-corrected chi connectivity index (χ1v) is 8.81. The van der Waals surface area contributed by atoms with Crippen molar-refractivity contribution in [3.05, 3.63) is 96.7 Å².